The normalized spacial score (nSPS) is 36.8. The monoisotopic (exact) mass is 328 g/mol. The lowest BCUT2D eigenvalue weighted by Gasteiger charge is -2.56. The van der Waals surface area contributed by atoms with Crippen molar-refractivity contribution in [1.82, 2.24) is 9.62 Å². The van der Waals surface area contributed by atoms with Gasteiger partial charge in [-0.05, 0) is 61.7 Å². The number of carbonyl (C=O) groups excluding carboxylic acids is 1. The molecule has 0 aromatic rings. The number of carbonyl (C=O) groups is 1. The second kappa shape index (κ2) is 5.78. The predicted octanol–water partition coefficient (Wildman–Crippen LogP) is 1.60. The minimum absolute atomic E-state index is 0.101. The van der Waals surface area contributed by atoms with Gasteiger partial charge in [-0.15, -0.1) is 0 Å². The lowest BCUT2D eigenvalue weighted by atomic mass is 9.49. The van der Waals surface area contributed by atoms with Crippen LogP contribution in [0.5, 0.6) is 0 Å². The van der Waals surface area contributed by atoms with E-state index in [9.17, 15) is 13.2 Å². The van der Waals surface area contributed by atoms with Crippen molar-refractivity contribution >= 4 is 15.9 Å². The molecule has 5 nitrogen and oxygen atoms in total. The lowest BCUT2D eigenvalue weighted by molar-refractivity contribution is -0.129. The average Bonchev–Trinajstić information content (AvgIpc) is 2.34. The largest absolute Gasteiger partial charge is 0.355 e. The third-order valence-electron chi connectivity index (χ3n) is 6.02. The van der Waals surface area contributed by atoms with E-state index in [4.69, 9.17) is 0 Å². The third-order valence-corrected chi connectivity index (χ3v) is 7.33. The van der Waals surface area contributed by atoms with Gasteiger partial charge in [0.1, 0.15) is 0 Å². The maximum atomic E-state index is 12.3. The molecular weight excluding hydrogens is 300 g/mol. The first-order chi connectivity index (χ1) is 10.3. The highest BCUT2D eigenvalue weighted by atomic mass is 32.2. The molecule has 0 aromatic heterocycles. The van der Waals surface area contributed by atoms with Crippen LogP contribution in [0, 0.1) is 23.2 Å². The van der Waals surface area contributed by atoms with Gasteiger partial charge in [0.2, 0.25) is 15.9 Å². The van der Waals surface area contributed by atoms with E-state index in [1.807, 2.05) is 0 Å². The Morgan fingerprint density at radius 1 is 1.14 bits per heavy atom. The molecule has 0 atom stereocenters. The Morgan fingerprint density at radius 2 is 1.64 bits per heavy atom. The second-order valence-electron chi connectivity index (χ2n) is 8.03. The molecule has 4 aliphatic carbocycles. The average molecular weight is 328 g/mol. The van der Waals surface area contributed by atoms with Gasteiger partial charge in [0.05, 0.1) is 6.26 Å². The van der Waals surface area contributed by atoms with E-state index in [0.717, 1.165) is 17.8 Å². The van der Waals surface area contributed by atoms with Crippen LogP contribution in [0.4, 0.5) is 0 Å². The quantitative estimate of drug-likeness (QED) is 0.805. The summed E-state index contributed by atoms with van der Waals surface area (Å²) in [6.07, 6.45) is 9.68. The van der Waals surface area contributed by atoms with Gasteiger partial charge in [0.25, 0.3) is 0 Å². The Balaban J connectivity index is 1.48. The summed E-state index contributed by atoms with van der Waals surface area (Å²) in [6, 6.07) is 0. The van der Waals surface area contributed by atoms with Crippen LogP contribution < -0.4 is 5.32 Å². The molecule has 0 spiro atoms. The van der Waals surface area contributed by atoms with Crippen LogP contribution in [0.1, 0.15) is 44.9 Å². The van der Waals surface area contributed by atoms with Crippen molar-refractivity contribution in [2.45, 2.75) is 44.9 Å². The van der Waals surface area contributed by atoms with Crippen LogP contribution in [0.25, 0.3) is 0 Å². The molecule has 0 unspecified atom stereocenters. The molecule has 0 aromatic carbocycles. The number of nitrogens with zero attached hydrogens (tertiary/aromatic N) is 1. The maximum absolute atomic E-state index is 12.3. The number of likely N-dealkylation sites (N-methyl/N-ethyl adjacent to an activating group) is 1. The van der Waals surface area contributed by atoms with Crippen molar-refractivity contribution in [1.29, 1.82) is 0 Å². The molecule has 1 amide bonds. The molecule has 4 saturated carbocycles. The molecule has 6 heteroatoms. The SMILES string of the molecule is CN(CCNC(=O)CC12CC3CC(CC(C3)C1)C2)S(C)(=O)=O. The number of nitrogens with one attached hydrogen (secondary N) is 1. The fraction of sp³-hybridized carbons (Fsp3) is 0.938. The standard InChI is InChI=1S/C16H28N2O3S/c1-18(22(2,20)21)4-3-17-15(19)11-16-8-12-5-13(9-16)7-14(6-12)10-16/h12-14H,3-11H2,1-2H3,(H,17,19). The summed E-state index contributed by atoms with van der Waals surface area (Å²) in [5, 5.41) is 2.92. The van der Waals surface area contributed by atoms with Crippen molar-refractivity contribution in [2.75, 3.05) is 26.4 Å². The van der Waals surface area contributed by atoms with Crippen LogP contribution in [-0.2, 0) is 14.8 Å². The number of hydrogen-bond donors (Lipinski definition) is 1. The molecule has 22 heavy (non-hydrogen) atoms. The molecule has 126 valence electrons. The molecule has 4 rings (SSSR count). The van der Waals surface area contributed by atoms with Crippen molar-refractivity contribution in [3.8, 4) is 0 Å². The molecule has 0 saturated heterocycles. The summed E-state index contributed by atoms with van der Waals surface area (Å²) in [7, 11) is -1.62. The van der Waals surface area contributed by atoms with E-state index in [1.54, 1.807) is 7.05 Å². The molecule has 4 bridgehead atoms. The third kappa shape index (κ3) is 3.48. The van der Waals surface area contributed by atoms with Crippen molar-refractivity contribution in [2.24, 2.45) is 23.2 Å². The first-order valence-corrected chi connectivity index (χ1v) is 10.3. The smallest absolute Gasteiger partial charge is 0.220 e. The molecule has 0 heterocycles. The van der Waals surface area contributed by atoms with E-state index in [-0.39, 0.29) is 11.3 Å². The lowest BCUT2D eigenvalue weighted by Crippen LogP contribution is -2.48. The zero-order valence-electron chi connectivity index (χ0n) is 13.7. The minimum atomic E-state index is -3.16. The van der Waals surface area contributed by atoms with Gasteiger partial charge < -0.3 is 5.32 Å². The minimum Gasteiger partial charge on any atom is -0.355 e. The summed E-state index contributed by atoms with van der Waals surface area (Å²) >= 11 is 0. The highest BCUT2D eigenvalue weighted by molar-refractivity contribution is 7.88. The van der Waals surface area contributed by atoms with E-state index in [0.29, 0.717) is 19.5 Å². The Bertz CT molecular complexity index is 508. The van der Waals surface area contributed by atoms with Gasteiger partial charge in [-0.25, -0.2) is 12.7 Å². The molecule has 1 N–H and O–H groups in total. The van der Waals surface area contributed by atoms with E-state index < -0.39 is 10.0 Å². The number of sulfonamides is 1. The highest BCUT2D eigenvalue weighted by Crippen LogP contribution is 2.61. The van der Waals surface area contributed by atoms with Gasteiger partial charge in [-0.2, -0.15) is 0 Å². The Labute approximate surface area is 133 Å². The number of amides is 1. The first-order valence-electron chi connectivity index (χ1n) is 8.44. The molecular formula is C16H28N2O3S. The predicted molar refractivity (Wildman–Crippen MR) is 85.7 cm³/mol. The van der Waals surface area contributed by atoms with Crippen LogP contribution in [0.15, 0.2) is 0 Å². The Kier molecular flexibility index (Phi) is 4.27. The fourth-order valence-electron chi connectivity index (χ4n) is 5.43. The first kappa shape index (κ1) is 16.2. The molecule has 4 fully saturated rings. The van der Waals surface area contributed by atoms with Crippen LogP contribution >= 0.6 is 0 Å². The summed E-state index contributed by atoms with van der Waals surface area (Å²) in [5.41, 5.74) is 0.252. The number of hydrogen-bond acceptors (Lipinski definition) is 3. The van der Waals surface area contributed by atoms with Crippen LogP contribution in [0.2, 0.25) is 0 Å². The highest BCUT2D eigenvalue weighted by Gasteiger charge is 2.51. The Hall–Kier alpha value is -0.620. The van der Waals surface area contributed by atoms with Gasteiger partial charge in [0.15, 0.2) is 0 Å². The van der Waals surface area contributed by atoms with E-state index in [2.05, 4.69) is 5.32 Å². The van der Waals surface area contributed by atoms with Gasteiger partial charge >= 0.3 is 0 Å². The zero-order chi connectivity index (χ0) is 16.0. The van der Waals surface area contributed by atoms with Gasteiger partial charge in [-0.3, -0.25) is 4.79 Å². The molecule has 4 aliphatic rings. The second-order valence-corrected chi connectivity index (χ2v) is 10.1. The topological polar surface area (TPSA) is 66.5 Å². The Morgan fingerprint density at radius 3 is 2.09 bits per heavy atom. The number of rotatable bonds is 6. The summed E-state index contributed by atoms with van der Waals surface area (Å²) in [4.78, 5) is 12.3. The summed E-state index contributed by atoms with van der Waals surface area (Å²) in [6.45, 7) is 0.736. The van der Waals surface area contributed by atoms with Gasteiger partial charge in [0, 0.05) is 26.6 Å². The van der Waals surface area contributed by atoms with Crippen LogP contribution in [0.3, 0.4) is 0 Å². The fourth-order valence-corrected chi connectivity index (χ4v) is 5.85. The molecule has 0 aliphatic heterocycles. The summed E-state index contributed by atoms with van der Waals surface area (Å²) in [5.74, 6) is 2.67. The molecule has 0 radical (unpaired) electrons. The van der Waals surface area contributed by atoms with Crippen molar-refractivity contribution in [3.05, 3.63) is 0 Å². The van der Waals surface area contributed by atoms with E-state index >= 15 is 0 Å². The van der Waals surface area contributed by atoms with E-state index in [1.165, 1.54) is 49.1 Å². The summed E-state index contributed by atoms with van der Waals surface area (Å²) < 4.78 is 23.9. The van der Waals surface area contributed by atoms with Crippen molar-refractivity contribution < 1.29 is 13.2 Å². The maximum Gasteiger partial charge on any atom is 0.220 e. The zero-order valence-corrected chi connectivity index (χ0v) is 14.5. The van der Waals surface area contributed by atoms with Crippen LogP contribution in [-0.4, -0.2) is 45.0 Å². The van der Waals surface area contributed by atoms with Gasteiger partial charge in [-0.1, -0.05) is 0 Å². The van der Waals surface area contributed by atoms with Crippen molar-refractivity contribution in [3.63, 3.8) is 0 Å².